The molecular formula is C18H25N3O2. The Labute approximate surface area is 137 Å². The lowest BCUT2D eigenvalue weighted by molar-refractivity contribution is -0.122. The van der Waals surface area contributed by atoms with Crippen molar-refractivity contribution in [3.63, 3.8) is 0 Å². The highest BCUT2D eigenvalue weighted by atomic mass is 16.5. The minimum Gasteiger partial charge on any atom is -0.493 e. The maximum atomic E-state index is 11.9. The Bertz CT molecular complexity index is 578. The number of hydrogen-bond acceptors (Lipinski definition) is 4. The first kappa shape index (κ1) is 15.0. The smallest absolute Gasteiger partial charge is 0.234 e. The van der Waals surface area contributed by atoms with Crippen molar-refractivity contribution in [2.24, 2.45) is 0 Å². The number of piperazine rings is 1. The molecule has 5 heteroatoms. The van der Waals surface area contributed by atoms with Crippen molar-refractivity contribution in [2.75, 3.05) is 39.3 Å². The standard InChI is InChI=1S/C18H25N3O2/c22-18(19-16-2-3-16)13-21-8-6-20(7-9-21)12-14-1-4-17-15(11-14)5-10-23-17/h1,4,11,16H,2-3,5-10,12-13H2,(H,19,22). The molecule has 0 aromatic heterocycles. The van der Waals surface area contributed by atoms with E-state index in [-0.39, 0.29) is 5.91 Å². The molecule has 124 valence electrons. The summed E-state index contributed by atoms with van der Waals surface area (Å²) < 4.78 is 5.57. The molecule has 1 N–H and O–H groups in total. The molecule has 0 spiro atoms. The fourth-order valence-electron chi connectivity index (χ4n) is 3.41. The molecule has 2 aliphatic heterocycles. The molecule has 2 fully saturated rings. The Morgan fingerprint density at radius 1 is 1.17 bits per heavy atom. The monoisotopic (exact) mass is 315 g/mol. The van der Waals surface area contributed by atoms with E-state index >= 15 is 0 Å². The molecule has 2 heterocycles. The lowest BCUT2D eigenvalue weighted by atomic mass is 10.1. The molecule has 0 bridgehead atoms. The number of rotatable bonds is 5. The fourth-order valence-corrected chi connectivity index (χ4v) is 3.41. The summed E-state index contributed by atoms with van der Waals surface area (Å²) in [5.74, 6) is 1.25. The molecule has 0 radical (unpaired) electrons. The molecule has 1 aromatic carbocycles. The number of nitrogens with one attached hydrogen (secondary N) is 1. The van der Waals surface area contributed by atoms with Crippen LogP contribution in [0.1, 0.15) is 24.0 Å². The van der Waals surface area contributed by atoms with E-state index in [1.54, 1.807) is 0 Å². The largest absolute Gasteiger partial charge is 0.493 e. The van der Waals surface area contributed by atoms with Gasteiger partial charge in [0.1, 0.15) is 5.75 Å². The Balaban J connectivity index is 1.24. The van der Waals surface area contributed by atoms with Gasteiger partial charge in [-0.25, -0.2) is 0 Å². The first-order valence-corrected chi connectivity index (χ1v) is 8.75. The number of fused-ring (bicyclic) bond motifs is 1. The van der Waals surface area contributed by atoms with Gasteiger partial charge < -0.3 is 10.1 Å². The van der Waals surface area contributed by atoms with Crippen LogP contribution in [0.3, 0.4) is 0 Å². The van der Waals surface area contributed by atoms with Gasteiger partial charge in [-0.15, -0.1) is 0 Å². The van der Waals surface area contributed by atoms with Crippen LogP contribution in [0.5, 0.6) is 5.75 Å². The number of amides is 1. The molecule has 5 nitrogen and oxygen atoms in total. The van der Waals surface area contributed by atoms with Gasteiger partial charge in [-0.05, 0) is 30.0 Å². The molecule has 4 rings (SSSR count). The molecule has 1 saturated heterocycles. The normalized spacial score (nSPS) is 21.7. The maximum Gasteiger partial charge on any atom is 0.234 e. The third kappa shape index (κ3) is 3.85. The van der Waals surface area contributed by atoms with Crippen molar-refractivity contribution in [1.82, 2.24) is 15.1 Å². The van der Waals surface area contributed by atoms with E-state index in [0.717, 1.165) is 64.3 Å². The van der Waals surface area contributed by atoms with Crippen LogP contribution in [0.15, 0.2) is 18.2 Å². The van der Waals surface area contributed by atoms with Crippen LogP contribution in [-0.2, 0) is 17.8 Å². The number of carbonyl (C=O) groups is 1. The summed E-state index contributed by atoms with van der Waals surface area (Å²) in [6, 6.07) is 7.04. The van der Waals surface area contributed by atoms with Crippen molar-refractivity contribution in [3.05, 3.63) is 29.3 Å². The zero-order valence-corrected chi connectivity index (χ0v) is 13.6. The fraction of sp³-hybridized carbons (Fsp3) is 0.611. The van der Waals surface area contributed by atoms with Crippen LogP contribution in [0.4, 0.5) is 0 Å². The van der Waals surface area contributed by atoms with Crippen molar-refractivity contribution >= 4 is 5.91 Å². The van der Waals surface area contributed by atoms with E-state index in [1.807, 2.05) is 0 Å². The zero-order chi connectivity index (χ0) is 15.6. The topological polar surface area (TPSA) is 44.8 Å². The number of carbonyl (C=O) groups excluding carboxylic acids is 1. The Morgan fingerprint density at radius 2 is 1.96 bits per heavy atom. The summed E-state index contributed by atoms with van der Waals surface area (Å²) in [4.78, 5) is 16.6. The van der Waals surface area contributed by atoms with Gasteiger partial charge in [0.2, 0.25) is 5.91 Å². The first-order chi connectivity index (χ1) is 11.3. The average molecular weight is 315 g/mol. The van der Waals surface area contributed by atoms with E-state index in [1.165, 1.54) is 11.1 Å². The van der Waals surface area contributed by atoms with Crippen molar-refractivity contribution in [2.45, 2.75) is 31.8 Å². The second kappa shape index (κ2) is 6.49. The molecule has 0 unspecified atom stereocenters. The summed E-state index contributed by atoms with van der Waals surface area (Å²) in [5, 5.41) is 3.07. The predicted molar refractivity (Wildman–Crippen MR) is 88.5 cm³/mol. The average Bonchev–Trinajstić information content (AvgIpc) is 3.23. The van der Waals surface area contributed by atoms with Crippen molar-refractivity contribution in [1.29, 1.82) is 0 Å². The van der Waals surface area contributed by atoms with Crippen LogP contribution in [-0.4, -0.2) is 61.1 Å². The summed E-state index contributed by atoms with van der Waals surface area (Å²) in [6.45, 7) is 6.39. The molecule has 23 heavy (non-hydrogen) atoms. The van der Waals surface area contributed by atoms with E-state index in [4.69, 9.17) is 4.74 Å². The third-order valence-electron chi connectivity index (χ3n) is 4.93. The van der Waals surface area contributed by atoms with Gasteiger partial charge in [-0.1, -0.05) is 12.1 Å². The third-order valence-corrected chi connectivity index (χ3v) is 4.93. The van der Waals surface area contributed by atoms with Crippen LogP contribution in [0.25, 0.3) is 0 Å². The molecule has 3 aliphatic rings. The van der Waals surface area contributed by atoms with Gasteiger partial charge >= 0.3 is 0 Å². The van der Waals surface area contributed by atoms with Gasteiger partial charge in [0.05, 0.1) is 13.2 Å². The summed E-state index contributed by atoms with van der Waals surface area (Å²) >= 11 is 0. The Morgan fingerprint density at radius 3 is 2.74 bits per heavy atom. The van der Waals surface area contributed by atoms with Crippen LogP contribution < -0.4 is 10.1 Å². The number of benzene rings is 1. The van der Waals surface area contributed by atoms with E-state index in [9.17, 15) is 4.79 Å². The molecule has 1 amide bonds. The zero-order valence-electron chi connectivity index (χ0n) is 13.6. The lowest BCUT2D eigenvalue weighted by Crippen LogP contribution is -2.49. The van der Waals surface area contributed by atoms with Gasteiger partial charge in [-0.2, -0.15) is 0 Å². The Hall–Kier alpha value is -1.59. The number of nitrogens with zero attached hydrogens (tertiary/aromatic N) is 2. The van der Waals surface area contributed by atoms with Crippen LogP contribution in [0, 0.1) is 0 Å². The molecule has 1 saturated carbocycles. The predicted octanol–water partition coefficient (Wildman–Crippen LogP) is 1.02. The maximum absolute atomic E-state index is 11.9. The summed E-state index contributed by atoms with van der Waals surface area (Å²) in [5.41, 5.74) is 2.71. The highest BCUT2D eigenvalue weighted by molar-refractivity contribution is 5.78. The molecule has 0 atom stereocenters. The van der Waals surface area contributed by atoms with Crippen LogP contribution >= 0.6 is 0 Å². The van der Waals surface area contributed by atoms with E-state index in [0.29, 0.717) is 12.6 Å². The first-order valence-electron chi connectivity index (χ1n) is 8.75. The molecule has 1 aliphatic carbocycles. The number of hydrogen-bond donors (Lipinski definition) is 1. The second-order valence-electron chi connectivity index (χ2n) is 6.93. The Kier molecular flexibility index (Phi) is 4.23. The van der Waals surface area contributed by atoms with E-state index < -0.39 is 0 Å². The van der Waals surface area contributed by atoms with Crippen molar-refractivity contribution < 1.29 is 9.53 Å². The highest BCUT2D eigenvalue weighted by Gasteiger charge is 2.25. The summed E-state index contributed by atoms with van der Waals surface area (Å²) in [7, 11) is 0. The van der Waals surface area contributed by atoms with Gasteiger partial charge in [0, 0.05) is 45.2 Å². The number of ether oxygens (including phenoxy) is 1. The lowest BCUT2D eigenvalue weighted by Gasteiger charge is -2.34. The van der Waals surface area contributed by atoms with Crippen molar-refractivity contribution in [3.8, 4) is 5.75 Å². The summed E-state index contributed by atoms with van der Waals surface area (Å²) in [6.07, 6.45) is 3.35. The van der Waals surface area contributed by atoms with E-state index in [2.05, 4.69) is 33.3 Å². The van der Waals surface area contributed by atoms with Gasteiger partial charge in [-0.3, -0.25) is 14.6 Å². The molecular weight excluding hydrogens is 290 g/mol. The van der Waals surface area contributed by atoms with Gasteiger partial charge in [0.25, 0.3) is 0 Å². The minimum absolute atomic E-state index is 0.194. The molecule has 1 aromatic rings. The van der Waals surface area contributed by atoms with Crippen LogP contribution in [0.2, 0.25) is 0 Å². The minimum atomic E-state index is 0.194. The quantitative estimate of drug-likeness (QED) is 0.881. The second-order valence-corrected chi connectivity index (χ2v) is 6.93. The van der Waals surface area contributed by atoms with Gasteiger partial charge in [0.15, 0.2) is 0 Å². The SMILES string of the molecule is O=C(CN1CCN(Cc2ccc3c(c2)CCO3)CC1)NC1CC1. The highest BCUT2D eigenvalue weighted by Crippen LogP contribution is 2.26.